The van der Waals surface area contributed by atoms with Crippen LogP contribution in [0.3, 0.4) is 0 Å². The molecule has 5 nitrogen and oxygen atoms in total. The smallest absolute Gasteiger partial charge is 0.343 e. The van der Waals surface area contributed by atoms with E-state index in [0.29, 0.717) is 16.3 Å². The van der Waals surface area contributed by atoms with Crippen molar-refractivity contribution in [3.05, 3.63) is 101 Å². The summed E-state index contributed by atoms with van der Waals surface area (Å²) in [4.78, 5) is 24.9. The summed E-state index contributed by atoms with van der Waals surface area (Å²) >= 11 is 5.83. The number of rotatable bonds is 4. The predicted octanol–water partition coefficient (Wildman–Crippen LogP) is 5.67. The van der Waals surface area contributed by atoms with Gasteiger partial charge in [0.2, 0.25) is 0 Å². The molecule has 0 aliphatic rings. The van der Waals surface area contributed by atoms with E-state index in [0.717, 1.165) is 10.8 Å². The van der Waals surface area contributed by atoms with E-state index in [1.165, 1.54) is 6.07 Å². The first-order chi connectivity index (χ1) is 14.5. The fourth-order valence-corrected chi connectivity index (χ4v) is 3.12. The lowest BCUT2D eigenvalue weighted by atomic mass is 10.1. The summed E-state index contributed by atoms with van der Waals surface area (Å²) < 4.78 is 5.37. The van der Waals surface area contributed by atoms with Gasteiger partial charge < -0.3 is 15.2 Å². The number of nitrogens with one attached hydrogen (secondary N) is 1. The van der Waals surface area contributed by atoms with Crippen molar-refractivity contribution in [2.45, 2.75) is 0 Å². The summed E-state index contributed by atoms with van der Waals surface area (Å²) in [6, 6.07) is 23.4. The SMILES string of the molecule is O=C(Oc1cccc(NC(=O)c2cc3ccccc3cc2O)c1)c1ccc(Cl)cc1. The molecule has 2 N–H and O–H groups in total. The van der Waals surface area contributed by atoms with Crippen LogP contribution >= 0.6 is 11.6 Å². The number of benzene rings is 4. The molecule has 1 amide bonds. The monoisotopic (exact) mass is 417 g/mol. The molecule has 0 spiro atoms. The topological polar surface area (TPSA) is 75.6 Å². The number of phenolic OH excluding ortho intramolecular Hbond substituents is 1. The van der Waals surface area contributed by atoms with Crippen molar-refractivity contribution in [2.24, 2.45) is 0 Å². The summed E-state index contributed by atoms with van der Waals surface area (Å²) in [6.07, 6.45) is 0. The zero-order valence-corrected chi connectivity index (χ0v) is 16.4. The zero-order chi connectivity index (χ0) is 21.1. The van der Waals surface area contributed by atoms with Gasteiger partial charge in [0, 0.05) is 16.8 Å². The van der Waals surface area contributed by atoms with Crippen molar-refractivity contribution in [1.82, 2.24) is 0 Å². The maximum absolute atomic E-state index is 12.7. The van der Waals surface area contributed by atoms with E-state index in [9.17, 15) is 14.7 Å². The van der Waals surface area contributed by atoms with Gasteiger partial charge in [-0.2, -0.15) is 0 Å². The third-order valence-corrected chi connectivity index (χ3v) is 4.74. The molecule has 4 aromatic rings. The van der Waals surface area contributed by atoms with Crippen LogP contribution in [0.2, 0.25) is 5.02 Å². The Labute approximate surface area is 177 Å². The lowest BCUT2D eigenvalue weighted by Crippen LogP contribution is -2.13. The Kier molecular flexibility index (Phi) is 5.37. The Hall–Kier alpha value is -3.83. The number of carbonyl (C=O) groups is 2. The highest BCUT2D eigenvalue weighted by molar-refractivity contribution is 6.30. The van der Waals surface area contributed by atoms with E-state index in [4.69, 9.17) is 16.3 Å². The summed E-state index contributed by atoms with van der Waals surface area (Å²) in [6.45, 7) is 0. The van der Waals surface area contributed by atoms with Crippen molar-refractivity contribution in [2.75, 3.05) is 5.32 Å². The number of hydrogen-bond acceptors (Lipinski definition) is 4. The Bertz CT molecular complexity index is 1250. The summed E-state index contributed by atoms with van der Waals surface area (Å²) in [5.74, 6) is -0.853. The molecule has 0 aliphatic heterocycles. The first-order valence-corrected chi connectivity index (χ1v) is 9.48. The Morgan fingerprint density at radius 3 is 2.27 bits per heavy atom. The maximum atomic E-state index is 12.7. The fraction of sp³-hybridized carbons (Fsp3) is 0. The number of fused-ring (bicyclic) bond motifs is 1. The van der Waals surface area contributed by atoms with Crippen LogP contribution in [0.15, 0.2) is 84.9 Å². The second kappa shape index (κ2) is 8.27. The van der Waals surface area contributed by atoms with Crippen LogP contribution < -0.4 is 10.1 Å². The molecular formula is C24H16ClNO4. The Morgan fingerprint density at radius 2 is 1.53 bits per heavy atom. The third kappa shape index (κ3) is 4.26. The van der Waals surface area contributed by atoms with Gasteiger partial charge in [0.1, 0.15) is 11.5 Å². The number of aromatic hydroxyl groups is 1. The molecule has 148 valence electrons. The van der Waals surface area contributed by atoms with Crippen molar-refractivity contribution in [1.29, 1.82) is 0 Å². The quantitative estimate of drug-likeness (QED) is 0.331. The number of halogens is 1. The summed E-state index contributed by atoms with van der Waals surface area (Å²) in [7, 11) is 0. The van der Waals surface area contributed by atoms with Crippen LogP contribution in [-0.4, -0.2) is 17.0 Å². The van der Waals surface area contributed by atoms with E-state index >= 15 is 0 Å². The van der Waals surface area contributed by atoms with Crippen LogP contribution in [0, 0.1) is 0 Å². The lowest BCUT2D eigenvalue weighted by Gasteiger charge is -2.10. The molecule has 0 fully saturated rings. The number of ether oxygens (including phenoxy) is 1. The molecule has 0 bridgehead atoms. The molecule has 30 heavy (non-hydrogen) atoms. The van der Waals surface area contributed by atoms with Gasteiger partial charge in [-0.25, -0.2) is 4.79 Å². The molecular weight excluding hydrogens is 402 g/mol. The molecule has 6 heteroatoms. The average Bonchev–Trinajstić information content (AvgIpc) is 2.74. The molecule has 0 radical (unpaired) electrons. The Balaban J connectivity index is 1.51. The minimum Gasteiger partial charge on any atom is -0.507 e. The Morgan fingerprint density at radius 1 is 0.833 bits per heavy atom. The van der Waals surface area contributed by atoms with Gasteiger partial charge in [0.15, 0.2) is 0 Å². The minimum atomic E-state index is -0.540. The molecule has 0 heterocycles. The van der Waals surface area contributed by atoms with Crippen molar-refractivity contribution < 1.29 is 19.4 Å². The lowest BCUT2D eigenvalue weighted by molar-refractivity contribution is 0.0735. The average molecular weight is 418 g/mol. The van der Waals surface area contributed by atoms with Gasteiger partial charge in [-0.15, -0.1) is 0 Å². The van der Waals surface area contributed by atoms with Gasteiger partial charge in [-0.05, 0) is 59.3 Å². The van der Waals surface area contributed by atoms with Crippen LogP contribution in [0.1, 0.15) is 20.7 Å². The number of phenols is 1. The standard InChI is InChI=1S/C24H16ClNO4/c25-18-10-8-15(9-11-18)24(29)30-20-7-3-6-19(14-20)26-23(28)21-12-16-4-1-2-5-17(16)13-22(21)27/h1-14,27H,(H,26,28). The molecule has 0 aromatic heterocycles. The van der Waals surface area contributed by atoms with Crippen molar-refractivity contribution in [3.63, 3.8) is 0 Å². The van der Waals surface area contributed by atoms with Crippen LogP contribution in [0.25, 0.3) is 10.8 Å². The zero-order valence-electron chi connectivity index (χ0n) is 15.6. The maximum Gasteiger partial charge on any atom is 0.343 e. The van der Waals surface area contributed by atoms with E-state index < -0.39 is 11.9 Å². The van der Waals surface area contributed by atoms with E-state index in [1.807, 2.05) is 24.3 Å². The molecule has 0 saturated heterocycles. The van der Waals surface area contributed by atoms with Crippen LogP contribution in [0.4, 0.5) is 5.69 Å². The largest absolute Gasteiger partial charge is 0.507 e. The van der Waals surface area contributed by atoms with Gasteiger partial charge in [-0.1, -0.05) is 41.9 Å². The number of anilines is 1. The first-order valence-electron chi connectivity index (χ1n) is 9.10. The molecule has 4 rings (SSSR count). The van der Waals surface area contributed by atoms with Crippen molar-refractivity contribution in [3.8, 4) is 11.5 Å². The van der Waals surface area contributed by atoms with Crippen molar-refractivity contribution >= 4 is 39.9 Å². The van der Waals surface area contributed by atoms with E-state index in [2.05, 4.69) is 5.32 Å². The summed E-state index contributed by atoms with van der Waals surface area (Å²) in [5.41, 5.74) is 0.932. The highest BCUT2D eigenvalue weighted by Crippen LogP contribution is 2.26. The summed E-state index contributed by atoms with van der Waals surface area (Å²) in [5, 5.41) is 15.1. The van der Waals surface area contributed by atoms with Crippen LogP contribution in [0.5, 0.6) is 11.5 Å². The van der Waals surface area contributed by atoms with Gasteiger partial charge in [0.05, 0.1) is 11.1 Å². The van der Waals surface area contributed by atoms with E-state index in [1.54, 1.807) is 54.6 Å². The molecule has 0 saturated carbocycles. The molecule has 0 unspecified atom stereocenters. The number of amides is 1. The second-order valence-corrected chi connectivity index (χ2v) is 7.03. The number of carbonyl (C=O) groups excluding carboxylic acids is 2. The number of esters is 1. The second-order valence-electron chi connectivity index (χ2n) is 6.59. The highest BCUT2D eigenvalue weighted by Gasteiger charge is 2.14. The highest BCUT2D eigenvalue weighted by atomic mass is 35.5. The van der Waals surface area contributed by atoms with Gasteiger partial charge >= 0.3 is 5.97 Å². The van der Waals surface area contributed by atoms with E-state index in [-0.39, 0.29) is 17.1 Å². The minimum absolute atomic E-state index is 0.114. The molecule has 0 atom stereocenters. The molecule has 0 aliphatic carbocycles. The fourth-order valence-electron chi connectivity index (χ4n) is 3.00. The van der Waals surface area contributed by atoms with Crippen LogP contribution in [-0.2, 0) is 0 Å². The molecule has 4 aromatic carbocycles. The van der Waals surface area contributed by atoms with Gasteiger partial charge in [0.25, 0.3) is 5.91 Å². The third-order valence-electron chi connectivity index (χ3n) is 4.49. The number of hydrogen-bond donors (Lipinski definition) is 2. The van der Waals surface area contributed by atoms with Gasteiger partial charge in [-0.3, -0.25) is 4.79 Å². The predicted molar refractivity (Wildman–Crippen MR) is 116 cm³/mol. The first kappa shape index (κ1) is 19.5. The normalized spacial score (nSPS) is 10.6.